The van der Waals surface area contributed by atoms with Gasteiger partial charge in [0.15, 0.2) is 0 Å². The topological polar surface area (TPSA) is 76.4 Å². The van der Waals surface area contributed by atoms with Crippen molar-refractivity contribution in [3.8, 4) is 0 Å². The lowest BCUT2D eigenvalue weighted by molar-refractivity contribution is 0.102. The van der Waals surface area contributed by atoms with Crippen molar-refractivity contribution < 1.29 is 4.79 Å². The molecule has 3 rings (SSSR count). The average molecular weight is 280 g/mol. The molecule has 0 aromatic carbocycles. The molecule has 0 aliphatic carbocycles. The van der Waals surface area contributed by atoms with Crippen molar-refractivity contribution in [2.24, 2.45) is 0 Å². The minimum Gasteiger partial charge on any atom is -0.306 e. The van der Waals surface area contributed by atoms with Crippen molar-refractivity contribution >= 4 is 17.4 Å². The van der Waals surface area contributed by atoms with E-state index in [1.807, 2.05) is 13.0 Å². The number of nitrogens with one attached hydrogen (secondary N) is 1. The van der Waals surface area contributed by atoms with Crippen LogP contribution in [0.2, 0.25) is 0 Å². The molecule has 104 valence electrons. The Morgan fingerprint density at radius 3 is 2.90 bits per heavy atom. The number of pyridine rings is 2. The molecule has 0 saturated carbocycles. The third-order valence-corrected chi connectivity index (χ3v) is 3.02. The fourth-order valence-electron chi connectivity index (χ4n) is 1.97. The maximum atomic E-state index is 12.3. The number of carbonyl (C=O) groups is 1. The molecule has 0 aliphatic heterocycles. The molecule has 6 nitrogen and oxygen atoms in total. The van der Waals surface area contributed by atoms with Gasteiger partial charge in [0.2, 0.25) is 0 Å². The predicted molar refractivity (Wildman–Crippen MR) is 78.4 cm³/mol. The first-order valence-electron chi connectivity index (χ1n) is 6.35. The molecule has 0 aliphatic rings. The van der Waals surface area contributed by atoms with E-state index >= 15 is 0 Å². The fraction of sp³-hybridized carbons (Fsp3) is 0.0667. The van der Waals surface area contributed by atoms with Crippen molar-refractivity contribution in [2.75, 3.05) is 5.32 Å². The molecular formula is C15H12N4O2. The summed E-state index contributed by atoms with van der Waals surface area (Å²) in [6.45, 7) is 1.89. The van der Waals surface area contributed by atoms with Gasteiger partial charge in [-0.2, -0.15) is 0 Å². The van der Waals surface area contributed by atoms with E-state index in [2.05, 4.69) is 15.3 Å². The standard InChI is InChI=1S/C15H12N4O2/c1-10-5-6-16-12(8-10)18-14(20)11-9-17-13-4-2-3-7-19(13)15(11)21/h2-9H,1H3,(H,16,18,20). The second-order valence-electron chi connectivity index (χ2n) is 4.58. The minimum absolute atomic E-state index is 0.0259. The lowest BCUT2D eigenvalue weighted by Gasteiger charge is -2.05. The molecule has 1 amide bonds. The van der Waals surface area contributed by atoms with Crippen LogP contribution in [0.4, 0.5) is 5.82 Å². The van der Waals surface area contributed by atoms with Gasteiger partial charge < -0.3 is 5.32 Å². The summed E-state index contributed by atoms with van der Waals surface area (Å²) in [6, 6.07) is 8.73. The van der Waals surface area contributed by atoms with Crippen LogP contribution >= 0.6 is 0 Å². The third-order valence-electron chi connectivity index (χ3n) is 3.02. The predicted octanol–water partition coefficient (Wildman–Crippen LogP) is 1.65. The molecule has 0 atom stereocenters. The van der Waals surface area contributed by atoms with Crippen LogP contribution in [0.25, 0.3) is 5.65 Å². The zero-order chi connectivity index (χ0) is 14.8. The van der Waals surface area contributed by atoms with Crippen molar-refractivity contribution in [1.29, 1.82) is 0 Å². The highest BCUT2D eigenvalue weighted by atomic mass is 16.2. The monoisotopic (exact) mass is 280 g/mol. The van der Waals surface area contributed by atoms with E-state index in [1.165, 1.54) is 10.6 Å². The van der Waals surface area contributed by atoms with Gasteiger partial charge in [0.05, 0.1) is 0 Å². The fourth-order valence-corrected chi connectivity index (χ4v) is 1.97. The minimum atomic E-state index is -0.524. The first-order valence-corrected chi connectivity index (χ1v) is 6.35. The van der Waals surface area contributed by atoms with Gasteiger partial charge in [0.25, 0.3) is 11.5 Å². The Bertz CT molecular complexity index is 886. The number of nitrogens with zero attached hydrogens (tertiary/aromatic N) is 3. The van der Waals surface area contributed by atoms with E-state index in [-0.39, 0.29) is 5.56 Å². The number of rotatable bonds is 2. The second kappa shape index (κ2) is 5.16. The zero-order valence-corrected chi connectivity index (χ0v) is 11.3. The van der Waals surface area contributed by atoms with Gasteiger partial charge in [-0.05, 0) is 36.8 Å². The van der Waals surface area contributed by atoms with E-state index in [9.17, 15) is 9.59 Å². The number of carbonyl (C=O) groups excluding carboxylic acids is 1. The molecule has 6 heteroatoms. The first-order chi connectivity index (χ1) is 10.1. The highest BCUT2D eigenvalue weighted by Crippen LogP contribution is 2.07. The molecule has 0 spiro atoms. The molecule has 0 bridgehead atoms. The number of hydrogen-bond acceptors (Lipinski definition) is 4. The van der Waals surface area contributed by atoms with Gasteiger partial charge in [0, 0.05) is 18.6 Å². The molecule has 3 heterocycles. The van der Waals surface area contributed by atoms with E-state index in [0.717, 1.165) is 5.56 Å². The van der Waals surface area contributed by atoms with Crippen molar-refractivity contribution in [3.63, 3.8) is 0 Å². The molecular weight excluding hydrogens is 268 g/mol. The highest BCUT2D eigenvalue weighted by molar-refractivity contribution is 6.03. The molecule has 1 N–H and O–H groups in total. The van der Waals surface area contributed by atoms with Gasteiger partial charge in [0.1, 0.15) is 17.0 Å². The maximum absolute atomic E-state index is 12.3. The first kappa shape index (κ1) is 13.0. The normalized spacial score (nSPS) is 10.5. The number of hydrogen-bond donors (Lipinski definition) is 1. The van der Waals surface area contributed by atoms with E-state index < -0.39 is 11.5 Å². The van der Waals surface area contributed by atoms with Gasteiger partial charge in [-0.15, -0.1) is 0 Å². The van der Waals surface area contributed by atoms with Gasteiger partial charge in [-0.25, -0.2) is 9.97 Å². The lowest BCUT2D eigenvalue weighted by Crippen LogP contribution is -2.26. The Morgan fingerprint density at radius 2 is 2.10 bits per heavy atom. The molecule has 0 fully saturated rings. The Balaban J connectivity index is 1.99. The summed E-state index contributed by atoms with van der Waals surface area (Å²) in [6.07, 6.45) is 4.45. The van der Waals surface area contributed by atoms with Crippen LogP contribution < -0.4 is 10.9 Å². The molecule has 0 unspecified atom stereocenters. The Morgan fingerprint density at radius 1 is 1.24 bits per heavy atom. The van der Waals surface area contributed by atoms with Crippen LogP contribution in [-0.4, -0.2) is 20.3 Å². The summed E-state index contributed by atoms with van der Waals surface area (Å²) < 4.78 is 1.33. The molecule has 3 aromatic heterocycles. The summed E-state index contributed by atoms with van der Waals surface area (Å²) in [5.41, 5.74) is 1.02. The van der Waals surface area contributed by atoms with E-state index in [0.29, 0.717) is 11.5 Å². The number of aromatic nitrogens is 3. The van der Waals surface area contributed by atoms with Gasteiger partial charge >= 0.3 is 0 Å². The van der Waals surface area contributed by atoms with Crippen LogP contribution in [0, 0.1) is 6.92 Å². The average Bonchev–Trinajstić information content (AvgIpc) is 2.48. The van der Waals surface area contributed by atoms with Crippen LogP contribution in [-0.2, 0) is 0 Å². The van der Waals surface area contributed by atoms with Gasteiger partial charge in [-0.1, -0.05) is 6.07 Å². The van der Waals surface area contributed by atoms with Crippen molar-refractivity contribution in [3.05, 3.63) is 70.4 Å². The number of fused-ring (bicyclic) bond motifs is 1. The van der Waals surface area contributed by atoms with Crippen molar-refractivity contribution in [2.45, 2.75) is 6.92 Å². The van der Waals surface area contributed by atoms with Crippen LogP contribution in [0.3, 0.4) is 0 Å². The lowest BCUT2D eigenvalue weighted by atomic mass is 10.2. The largest absolute Gasteiger partial charge is 0.306 e. The summed E-state index contributed by atoms with van der Waals surface area (Å²) >= 11 is 0. The zero-order valence-electron chi connectivity index (χ0n) is 11.3. The Hall–Kier alpha value is -3.02. The van der Waals surface area contributed by atoms with Crippen molar-refractivity contribution in [1.82, 2.24) is 14.4 Å². The summed E-state index contributed by atoms with van der Waals surface area (Å²) in [4.78, 5) is 32.6. The molecule has 0 saturated heterocycles. The summed E-state index contributed by atoms with van der Waals surface area (Å²) in [7, 11) is 0. The quantitative estimate of drug-likeness (QED) is 0.774. The van der Waals surface area contributed by atoms with E-state index in [1.54, 1.807) is 36.7 Å². The number of aryl methyl sites for hydroxylation is 1. The SMILES string of the molecule is Cc1ccnc(NC(=O)c2cnc3ccccn3c2=O)c1. The molecule has 3 aromatic rings. The summed E-state index contributed by atoms with van der Waals surface area (Å²) in [5, 5.41) is 2.60. The van der Waals surface area contributed by atoms with Crippen LogP contribution in [0.15, 0.2) is 53.7 Å². The molecule has 0 radical (unpaired) electrons. The highest BCUT2D eigenvalue weighted by Gasteiger charge is 2.13. The van der Waals surface area contributed by atoms with E-state index in [4.69, 9.17) is 0 Å². The third kappa shape index (κ3) is 2.51. The summed E-state index contributed by atoms with van der Waals surface area (Å²) in [5.74, 6) is -0.124. The second-order valence-corrected chi connectivity index (χ2v) is 4.58. The smallest absolute Gasteiger partial charge is 0.270 e. The molecule has 21 heavy (non-hydrogen) atoms. The Kier molecular flexibility index (Phi) is 3.19. The van der Waals surface area contributed by atoms with Crippen LogP contribution in [0.1, 0.15) is 15.9 Å². The number of amides is 1. The maximum Gasteiger partial charge on any atom is 0.270 e. The number of anilines is 1. The van der Waals surface area contributed by atoms with Gasteiger partial charge in [-0.3, -0.25) is 14.0 Å². The Labute approximate surface area is 120 Å². The van der Waals surface area contributed by atoms with Crippen LogP contribution in [0.5, 0.6) is 0 Å².